The minimum absolute atomic E-state index is 0. The summed E-state index contributed by atoms with van der Waals surface area (Å²) in [7, 11) is -0.388. The first kappa shape index (κ1) is 25.1. The summed E-state index contributed by atoms with van der Waals surface area (Å²) in [5.74, 6) is 0. The van der Waals surface area contributed by atoms with Crippen LogP contribution in [0.15, 0.2) is 0 Å². The maximum absolute atomic E-state index is 8.52. The third-order valence-corrected chi connectivity index (χ3v) is 3.98. The molecule has 0 spiro atoms. The summed E-state index contributed by atoms with van der Waals surface area (Å²) in [6, 6.07) is 0. The van der Waals surface area contributed by atoms with Gasteiger partial charge in [0.05, 0.1) is 27.2 Å². The van der Waals surface area contributed by atoms with E-state index < -0.39 is 10.4 Å². The second-order valence-corrected chi connectivity index (χ2v) is 7.79. The van der Waals surface area contributed by atoms with Gasteiger partial charge in [0.25, 0.3) is 0 Å². The van der Waals surface area contributed by atoms with Crippen molar-refractivity contribution < 1.29 is 23.4 Å². The van der Waals surface area contributed by atoms with E-state index in [0.717, 1.165) is 0 Å². The molecule has 0 unspecified atom stereocenters. The van der Waals surface area contributed by atoms with Crippen LogP contribution in [0.2, 0.25) is 0 Å². The molecular formula is C17H39NO4S. The lowest BCUT2D eigenvalue weighted by Gasteiger charge is -2.29. The summed E-state index contributed by atoms with van der Waals surface area (Å²) in [6.45, 7) is 7.31. The third kappa shape index (κ3) is 30.3. The van der Waals surface area contributed by atoms with Crippen LogP contribution in [0, 0.1) is 0 Å². The van der Waals surface area contributed by atoms with Crippen LogP contribution in [0.5, 0.6) is 0 Å². The maximum Gasteiger partial charge on any atom is 1.00 e. The summed E-state index contributed by atoms with van der Waals surface area (Å²) in [5.41, 5.74) is 0. The van der Waals surface area contributed by atoms with E-state index in [4.69, 9.17) is 17.5 Å². The van der Waals surface area contributed by atoms with Crippen molar-refractivity contribution in [3.8, 4) is 0 Å². The second kappa shape index (κ2) is 15.4. The van der Waals surface area contributed by atoms with E-state index in [1.807, 2.05) is 0 Å². The zero-order valence-electron chi connectivity index (χ0n) is 16.7. The molecule has 0 aliphatic heterocycles. The van der Waals surface area contributed by atoms with Crippen molar-refractivity contribution in [1.82, 2.24) is 0 Å². The van der Waals surface area contributed by atoms with Crippen molar-refractivity contribution in [3.05, 3.63) is 0 Å². The Morgan fingerprint density at radius 2 is 1.00 bits per heavy atom. The first-order valence-corrected chi connectivity index (χ1v) is 10.4. The fourth-order valence-corrected chi connectivity index (χ4v) is 2.55. The molecule has 0 N–H and O–H groups in total. The SMILES string of the molecule is CCCCCCCCCCC[N+](C)(C)CCCC.O=S(=O)([O-])[O-].[H+]. The average molecular weight is 354 g/mol. The van der Waals surface area contributed by atoms with E-state index in [0.29, 0.717) is 0 Å². The largest absolute Gasteiger partial charge is 1.00 e. The molecule has 0 bridgehead atoms. The van der Waals surface area contributed by atoms with Gasteiger partial charge < -0.3 is 13.6 Å². The van der Waals surface area contributed by atoms with Crippen molar-refractivity contribution >= 4 is 10.4 Å². The molecule has 0 radical (unpaired) electrons. The Balaban J connectivity index is -0.000000639. The van der Waals surface area contributed by atoms with Crippen molar-refractivity contribution in [2.45, 2.75) is 84.5 Å². The van der Waals surface area contributed by atoms with Crippen LogP contribution in [-0.2, 0) is 10.4 Å². The molecule has 0 atom stereocenters. The van der Waals surface area contributed by atoms with E-state index in [9.17, 15) is 0 Å². The summed E-state index contributed by atoms with van der Waals surface area (Å²) >= 11 is 0. The fourth-order valence-electron chi connectivity index (χ4n) is 2.55. The fraction of sp³-hybridized carbons (Fsp3) is 1.00. The Morgan fingerprint density at radius 3 is 1.39 bits per heavy atom. The molecule has 0 saturated heterocycles. The Bertz CT molecular complexity index is 340. The number of rotatable bonds is 13. The summed E-state index contributed by atoms with van der Waals surface area (Å²) in [5, 5.41) is 0. The quantitative estimate of drug-likeness (QED) is 0.215. The minimum Gasteiger partial charge on any atom is -0.759 e. The Morgan fingerprint density at radius 1 is 0.696 bits per heavy atom. The van der Waals surface area contributed by atoms with Crippen LogP contribution < -0.4 is 0 Å². The van der Waals surface area contributed by atoms with Crippen molar-refractivity contribution in [3.63, 3.8) is 0 Å². The molecule has 0 amide bonds. The number of unbranched alkanes of at least 4 members (excludes halogenated alkanes) is 9. The first-order valence-electron chi connectivity index (χ1n) is 9.11. The summed E-state index contributed by atoms with van der Waals surface area (Å²) < 4.78 is 35.3. The lowest BCUT2D eigenvalue weighted by molar-refractivity contribution is -0.890. The van der Waals surface area contributed by atoms with Gasteiger partial charge in [-0.2, -0.15) is 0 Å². The van der Waals surface area contributed by atoms with Crippen LogP contribution in [0.1, 0.15) is 85.9 Å². The molecule has 0 rings (SSSR count). The van der Waals surface area contributed by atoms with Gasteiger partial charge in [0.2, 0.25) is 0 Å². The van der Waals surface area contributed by atoms with Crippen molar-refractivity contribution in [2.75, 3.05) is 27.2 Å². The molecule has 6 heteroatoms. The highest BCUT2D eigenvalue weighted by Gasteiger charge is 2.12. The van der Waals surface area contributed by atoms with E-state index in [1.54, 1.807) is 0 Å². The second-order valence-electron chi connectivity index (χ2n) is 6.97. The zero-order valence-corrected chi connectivity index (χ0v) is 16.5. The highest BCUT2D eigenvalue weighted by molar-refractivity contribution is 7.79. The summed E-state index contributed by atoms with van der Waals surface area (Å²) in [6.07, 6.45) is 15.7. The zero-order chi connectivity index (χ0) is 18.2. The highest BCUT2D eigenvalue weighted by Crippen LogP contribution is 2.11. The van der Waals surface area contributed by atoms with Gasteiger partial charge in [-0.05, 0) is 19.3 Å². The van der Waals surface area contributed by atoms with Gasteiger partial charge in [-0.1, -0.05) is 65.2 Å². The average Bonchev–Trinajstić information content (AvgIpc) is 2.41. The molecule has 0 aliphatic rings. The lowest BCUT2D eigenvalue weighted by Crippen LogP contribution is -2.41. The number of quaternary nitrogens is 1. The van der Waals surface area contributed by atoms with Crippen molar-refractivity contribution in [2.24, 2.45) is 0 Å². The molecule has 0 aromatic heterocycles. The minimum atomic E-state index is -5.17. The van der Waals surface area contributed by atoms with Crippen molar-refractivity contribution in [1.29, 1.82) is 0 Å². The van der Waals surface area contributed by atoms with Gasteiger partial charge in [0.15, 0.2) is 0 Å². The van der Waals surface area contributed by atoms with Gasteiger partial charge in [-0.3, -0.25) is 8.42 Å². The molecule has 142 valence electrons. The van der Waals surface area contributed by atoms with Gasteiger partial charge in [-0.25, -0.2) is 0 Å². The molecule has 0 aromatic rings. The van der Waals surface area contributed by atoms with Crippen LogP contribution in [0.4, 0.5) is 0 Å². The van der Waals surface area contributed by atoms with E-state index in [-0.39, 0.29) is 1.43 Å². The molecule has 23 heavy (non-hydrogen) atoms. The third-order valence-electron chi connectivity index (χ3n) is 3.98. The normalized spacial score (nSPS) is 11.9. The van der Waals surface area contributed by atoms with Crippen LogP contribution in [-0.4, -0.2) is 49.2 Å². The van der Waals surface area contributed by atoms with Crippen LogP contribution >= 0.6 is 0 Å². The molecule has 0 saturated carbocycles. The molecular weight excluding hydrogens is 314 g/mol. The summed E-state index contributed by atoms with van der Waals surface area (Å²) in [4.78, 5) is 0. The highest BCUT2D eigenvalue weighted by atomic mass is 32.3. The van der Waals surface area contributed by atoms with E-state index >= 15 is 0 Å². The number of nitrogens with zero attached hydrogens (tertiary/aromatic N) is 1. The first-order chi connectivity index (χ1) is 10.6. The predicted octanol–water partition coefficient (Wildman–Crippen LogP) is 4.17. The van der Waals surface area contributed by atoms with E-state index in [1.165, 1.54) is 88.2 Å². The molecule has 0 aliphatic carbocycles. The number of hydrogen-bond donors (Lipinski definition) is 0. The smallest absolute Gasteiger partial charge is 0.759 e. The van der Waals surface area contributed by atoms with E-state index in [2.05, 4.69) is 27.9 Å². The molecule has 0 fully saturated rings. The van der Waals surface area contributed by atoms with Gasteiger partial charge in [0, 0.05) is 10.4 Å². The maximum atomic E-state index is 8.52. The molecule has 5 nitrogen and oxygen atoms in total. The topological polar surface area (TPSA) is 80.3 Å². The standard InChI is InChI=1S/C17H38N.H2O4S/c1-5-7-9-10-11-12-13-14-15-17-18(3,4)16-8-6-2;1-5(2,3)4/h5-17H2,1-4H3;(H2,1,2,3,4)/q+1;/p-1. The Hall–Kier alpha value is -0.170. The monoisotopic (exact) mass is 353 g/mol. The van der Waals surface area contributed by atoms with Crippen LogP contribution in [0.25, 0.3) is 0 Å². The molecule has 0 aromatic carbocycles. The van der Waals surface area contributed by atoms with Crippen LogP contribution in [0.3, 0.4) is 0 Å². The van der Waals surface area contributed by atoms with Gasteiger partial charge >= 0.3 is 1.43 Å². The van der Waals surface area contributed by atoms with Gasteiger partial charge in [-0.15, -0.1) is 0 Å². The Kier molecular flexibility index (Phi) is 16.7. The molecule has 0 heterocycles. The Labute approximate surface area is 146 Å². The number of hydrogen-bond acceptors (Lipinski definition) is 4. The predicted molar refractivity (Wildman–Crippen MR) is 95.6 cm³/mol. The van der Waals surface area contributed by atoms with Gasteiger partial charge in [0.1, 0.15) is 0 Å². The lowest BCUT2D eigenvalue weighted by atomic mass is 10.1.